The number of carbonyl (C=O) groups is 1. The average Bonchev–Trinajstić information content (AvgIpc) is 3.44. The summed E-state index contributed by atoms with van der Waals surface area (Å²) < 4.78 is 1.18. The number of thiazole rings is 1. The molecule has 0 spiro atoms. The monoisotopic (exact) mass is 489 g/mol. The van der Waals surface area contributed by atoms with E-state index >= 15 is 0 Å². The maximum atomic E-state index is 12.9. The zero-order chi connectivity index (χ0) is 23.5. The molecule has 1 aliphatic rings. The van der Waals surface area contributed by atoms with E-state index in [4.69, 9.17) is 4.98 Å². The van der Waals surface area contributed by atoms with Crippen LogP contribution in [0.15, 0.2) is 42.7 Å². The molecule has 34 heavy (non-hydrogen) atoms. The lowest BCUT2D eigenvalue weighted by molar-refractivity contribution is -0.118. The van der Waals surface area contributed by atoms with Gasteiger partial charge in [0, 0.05) is 52.7 Å². The van der Waals surface area contributed by atoms with Crippen LogP contribution in [0.25, 0.3) is 31.9 Å². The SMILES string of the molecule is CCC(C)CCCC(=O)Cc1sc2c(c1-c1nc3cc(-c4cccnc4)ccc3s1)CCNC2. The molecule has 6 heteroatoms. The molecule has 0 fully saturated rings. The Hall–Kier alpha value is -2.41. The lowest BCUT2D eigenvalue weighted by Crippen LogP contribution is -2.22. The quantitative estimate of drug-likeness (QED) is 0.273. The molecule has 176 valence electrons. The normalized spacial score (nSPS) is 14.3. The van der Waals surface area contributed by atoms with Gasteiger partial charge in [-0.3, -0.25) is 9.78 Å². The minimum atomic E-state index is 0.357. The van der Waals surface area contributed by atoms with E-state index in [1.807, 2.05) is 23.6 Å². The third kappa shape index (κ3) is 4.99. The van der Waals surface area contributed by atoms with Crippen molar-refractivity contribution < 1.29 is 4.79 Å². The van der Waals surface area contributed by atoms with Gasteiger partial charge in [-0.25, -0.2) is 4.98 Å². The number of benzene rings is 1. The van der Waals surface area contributed by atoms with Gasteiger partial charge in [0.2, 0.25) is 0 Å². The molecule has 4 nitrogen and oxygen atoms in total. The second kappa shape index (κ2) is 10.5. The van der Waals surface area contributed by atoms with Crippen LogP contribution in [0.2, 0.25) is 0 Å². The van der Waals surface area contributed by atoms with Crippen LogP contribution in [-0.2, 0) is 24.2 Å². The minimum Gasteiger partial charge on any atom is -0.312 e. The van der Waals surface area contributed by atoms with E-state index in [1.165, 1.54) is 32.0 Å². The second-order valence-corrected chi connectivity index (χ2v) is 11.5. The van der Waals surface area contributed by atoms with Gasteiger partial charge < -0.3 is 5.32 Å². The van der Waals surface area contributed by atoms with Crippen molar-refractivity contribution in [2.75, 3.05) is 6.54 Å². The number of hydrogen-bond donors (Lipinski definition) is 1. The summed E-state index contributed by atoms with van der Waals surface area (Å²) in [5, 5.41) is 4.55. The number of carbonyl (C=O) groups excluding carboxylic acids is 1. The van der Waals surface area contributed by atoms with Crippen LogP contribution in [0.1, 0.15) is 54.8 Å². The maximum Gasteiger partial charge on any atom is 0.138 e. The first-order valence-electron chi connectivity index (χ1n) is 12.3. The molecule has 0 bridgehead atoms. The fourth-order valence-electron chi connectivity index (χ4n) is 4.63. The Kier molecular flexibility index (Phi) is 7.18. The largest absolute Gasteiger partial charge is 0.312 e. The number of rotatable bonds is 9. The average molecular weight is 490 g/mol. The first-order chi connectivity index (χ1) is 16.6. The lowest BCUT2D eigenvalue weighted by atomic mass is 9.98. The first-order valence-corrected chi connectivity index (χ1v) is 13.9. The number of nitrogens with zero attached hydrogens (tertiary/aromatic N) is 2. The molecule has 1 atom stereocenters. The highest BCUT2D eigenvalue weighted by Crippen LogP contribution is 2.42. The molecule has 1 unspecified atom stereocenters. The molecule has 0 aliphatic carbocycles. The van der Waals surface area contributed by atoms with Gasteiger partial charge in [0.15, 0.2) is 0 Å². The number of nitrogens with one attached hydrogen (secondary N) is 1. The van der Waals surface area contributed by atoms with Crippen LogP contribution in [0.3, 0.4) is 0 Å². The maximum absolute atomic E-state index is 12.9. The molecule has 0 saturated carbocycles. The summed E-state index contributed by atoms with van der Waals surface area (Å²) in [5.74, 6) is 1.05. The van der Waals surface area contributed by atoms with Crippen molar-refractivity contribution in [1.29, 1.82) is 0 Å². The Labute approximate surface area is 209 Å². The third-order valence-corrected chi connectivity index (χ3v) is 9.09. The molecule has 0 amide bonds. The topological polar surface area (TPSA) is 54.9 Å². The van der Waals surface area contributed by atoms with Crippen molar-refractivity contribution in [3.05, 3.63) is 58.0 Å². The number of thiophene rings is 1. The molecule has 1 N–H and O–H groups in total. The third-order valence-electron chi connectivity index (χ3n) is 6.80. The second-order valence-electron chi connectivity index (χ2n) is 9.29. The zero-order valence-corrected chi connectivity index (χ0v) is 21.5. The molecule has 4 aromatic rings. The van der Waals surface area contributed by atoms with Crippen LogP contribution in [0, 0.1) is 5.92 Å². The molecule has 1 aliphatic heterocycles. The van der Waals surface area contributed by atoms with Gasteiger partial charge >= 0.3 is 0 Å². The van der Waals surface area contributed by atoms with Crippen LogP contribution in [-0.4, -0.2) is 22.3 Å². The van der Waals surface area contributed by atoms with E-state index in [1.54, 1.807) is 17.5 Å². The van der Waals surface area contributed by atoms with E-state index in [9.17, 15) is 4.79 Å². The Morgan fingerprint density at radius 3 is 2.94 bits per heavy atom. The Bertz CT molecular complexity index is 1290. The van der Waals surface area contributed by atoms with Gasteiger partial charge in [-0.1, -0.05) is 38.8 Å². The van der Waals surface area contributed by atoms with Crippen LogP contribution >= 0.6 is 22.7 Å². The summed E-state index contributed by atoms with van der Waals surface area (Å²) in [4.78, 5) is 24.8. The van der Waals surface area contributed by atoms with Gasteiger partial charge in [-0.05, 0) is 54.6 Å². The van der Waals surface area contributed by atoms with Crippen molar-refractivity contribution in [2.45, 2.75) is 58.9 Å². The first kappa shape index (κ1) is 23.3. The van der Waals surface area contributed by atoms with E-state index in [-0.39, 0.29) is 0 Å². The zero-order valence-electron chi connectivity index (χ0n) is 19.9. The molecule has 4 heterocycles. The number of Topliss-reactive ketones (excluding diaryl/α,β-unsaturated/α-hetero) is 1. The fraction of sp³-hybridized carbons (Fsp3) is 0.393. The highest BCUT2D eigenvalue weighted by molar-refractivity contribution is 7.22. The molecular weight excluding hydrogens is 458 g/mol. The highest BCUT2D eigenvalue weighted by Gasteiger charge is 2.25. The fourth-order valence-corrected chi connectivity index (χ4v) is 7.10. The van der Waals surface area contributed by atoms with Crippen molar-refractivity contribution in [2.24, 2.45) is 5.92 Å². The van der Waals surface area contributed by atoms with Crippen molar-refractivity contribution >= 4 is 38.7 Å². The summed E-state index contributed by atoms with van der Waals surface area (Å²) in [6, 6.07) is 10.5. The summed E-state index contributed by atoms with van der Waals surface area (Å²) >= 11 is 3.56. The van der Waals surface area contributed by atoms with Gasteiger partial charge in [0.1, 0.15) is 10.8 Å². The number of fused-ring (bicyclic) bond motifs is 2. The standard InChI is InChI=1S/C28H31N3OS2/c1-3-18(2)6-4-8-21(32)15-25-27(22-11-13-30-17-26(22)33-25)28-31-23-14-19(9-10-24(23)34-28)20-7-5-12-29-16-20/h5,7,9-10,12,14,16,18,30H,3-4,6,8,11,13,15,17H2,1-2H3. The highest BCUT2D eigenvalue weighted by atomic mass is 32.1. The number of hydrogen-bond acceptors (Lipinski definition) is 6. The summed E-state index contributed by atoms with van der Waals surface area (Å²) in [6.07, 6.45) is 9.21. The number of aromatic nitrogens is 2. The van der Waals surface area contributed by atoms with E-state index in [0.717, 1.165) is 54.0 Å². The predicted molar refractivity (Wildman–Crippen MR) is 144 cm³/mol. The van der Waals surface area contributed by atoms with Crippen LogP contribution < -0.4 is 5.32 Å². The molecule has 1 aromatic carbocycles. The Morgan fingerprint density at radius 1 is 1.21 bits per heavy atom. The summed E-state index contributed by atoms with van der Waals surface area (Å²) in [6.45, 7) is 6.37. The van der Waals surface area contributed by atoms with Gasteiger partial charge in [0.05, 0.1) is 10.2 Å². The van der Waals surface area contributed by atoms with Crippen molar-refractivity contribution in [3.8, 4) is 21.7 Å². The molecule has 3 aromatic heterocycles. The predicted octanol–water partition coefficient (Wildman–Crippen LogP) is 7.06. The summed E-state index contributed by atoms with van der Waals surface area (Å²) in [7, 11) is 0. The molecule has 0 radical (unpaired) electrons. The Morgan fingerprint density at radius 2 is 2.12 bits per heavy atom. The van der Waals surface area contributed by atoms with Crippen molar-refractivity contribution in [3.63, 3.8) is 0 Å². The van der Waals surface area contributed by atoms with Gasteiger partial charge in [0.25, 0.3) is 0 Å². The van der Waals surface area contributed by atoms with Crippen LogP contribution in [0.5, 0.6) is 0 Å². The van der Waals surface area contributed by atoms with E-state index < -0.39 is 0 Å². The van der Waals surface area contributed by atoms with Crippen molar-refractivity contribution in [1.82, 2.24) is 15.3 Å². The smallest absolute Gasteiger partial charge is 0.138 e. The number of ketones is 1. The van der Waals surface area contributed by atoms with Gasteiger partial charge in [-0.15, -0.1) is 22.7 Å². The number of pyridine rings is 1. The van der Waals surface area contributed by atoms with Crippen LogP contribution in [0.4, 0.5) is 0 Å². The molecule has 0 saturated heterocycles. The van der Waals surface area contributed by atoms with E-state index in [2.05, 4.69) is 48.4 Å². The van der Waals surface area contributed by atoms with E-state index in [0.29, 0.717) is 24.5 Å². The summed E-state index contributed by atoms with van der Waals surface area (Å²) in [5.41, 5.74) is 5.88. The molecular formula is C28H31N3OS2. The van der Waals surface area contributed by atoms with Gasteiger partial charge in [-0.2, -0.15) is 0 Å². The minimum absolute atomic E-state index is 0.357. The molecule has 5 rings (SSSR count). The Balaban J connectivity index is 1.45. The lowest BCUT2D eigenvalue weighted by Gasteiger charge is -2.13.